The molecule has 2 rings (SSSR count). The van der Waals surface area contributed by atoms with Crippen molar-refractivity contribution in [1.82, 2.24) is 15.1 Å². The van der Waals surface area contributed by atoms with E-state index in [-0.39, 0.29) is 30.9 Å². The molecule has 0 aromatic carbocycles. The zero-order valence-corrected chi connectivity index (χ0v) is 10.1. The molecule has 0 radical (unpaired) electrons. The second kappa shape index (κ2) is 5.24. The third kappa shape index (κ3) is 2.72. The Morgan fingerprint density at radius 3 is 2.89 bits per heavy atom. The molecule has 0 spiro atoms. The molecule has 3 amide bonds. The van der Waals surface area contributed by atoms with Crippen LogP contribution >= 0.6 is 0 Å². The minimum atomic E-state index is -0.929. The molecule has 0 aromatic heterocycles. The van der Waals surface area contributed by atoms with Crippen LogP contribution in [-0.2, 0) is 9.59 Å². The summed E-state index contributed by atoms with van der Waals surface area (Å²) >= 11 is 0. The smallest absolute Gasteiger partial charge is 0.317 e. The molecule has 2 fully saturated rings. The molecule has 2 N–H and O–H groups in total. The van der Waals surface area contributed by atoms with E-state index in [2.05, 4.69) is 5.32 Å². The van der Waals surface area contributed by atoms with Gasteiger partial charge in [0.15, 0.2) is 0 Å². The van der Waals surface area contributed by atoms with Crippen LogP contribution in [0.15, 0.2) is 0 Å². The number of urea groups is 1. The van der Waals surface area contributed by atoms with Crippen LogP contribution in [0.2, 0.25) is 0 Å². The molecule has 1 atom stereocenters. The third-order valence-electron chi connectivity index (χ3n) is 3.40. The van der Waals surface area contributed by atoms with Gasteiger partial charge in [-0.25, -0.2) is 4.79 Å². The summed E-state index contributed by atoms with van der Waals surface area (Å²) in [5.74, 6) is -0.757. The number of carboxylic acids is 1. The molecule has 0 saturated carbocycles. The summed E-state index contributed by atoms with van der Waals surface area (Å²) in [5.41, 5.74) is 0. The SMILES string of the molecule is O=C(O)CCNC(=O)N1CCN2C(=O)CCC2C1. The first-order valence-electron chi connectivity index (χ1n) is 6.12. The van der Waals surface area contributed by atoms with Crippen molar-refractivity contribution >= 4 is 17.9 Å². The maximum atomic E-state index is 11.8. The van der Waals surface area contributed by atoms with Gasteiger partial charge in [0.05, 0.1) is 6.42 Å². The summed E-state index contributed by atoms with van der Waals surface area (Å²) in [6.07, 6.45) is 1.30. The molecule has 2 aliphatic heterocycles. The highest BCUT2D eigenvalue weighted by molar-refractivity contribution is 5.80. The predicted molar refractivity (Wildman–Crippen MR) is 62.0 cm³/mol. The summed E-state index contributed by atoms with van der Waals surface area (Å²) in [6.45, 7) is 1.78. The number of aliphatic carboxylic acids is 1. The van der Waals surface area contributed by atoms with Crippen molar-refractivity contribution in [3.8, 4) is 0 Å². The summed E-state index contributed by atoms with van der Waals surface area (Å²) in [7, 11) is 0. The highest BCUT2D eigenvalue weighted by Crippen LogP contribution is 2.22. The van der Waals surface area contributed by atoms with Crippen molar-refractivity contribution in [3.05, 3.63) is 0 Å². The van der Waals surface area contributed by atoms with Crippen LogP contribution < -0.4 is 5.32 Å². The van der Waals surface area contributed by atoms with Gasteiger partial charge in [-0.1, -0.05) is 0 Å². The second-order valence-electron chi connectivity index (χ2n) is 4.60. The lowest BCUT2D eigenvalue weighted by Gasteiger charge is -2.37. The van der Waals surface area contributed by atoms with Crippen molar-refractivity contribution in [2.45, 2.75) is 25.3 Å². The highest BCUT2D eigenvalue weighted by atomic mass is 16.4. The van der Waals surface area contributed by atoms with E-state index in [1.165, 1.54) is 0 Å². The van der Waals surface area contributed by atoms with E-state index in [1.807, 2.05) is 4.90 Å². The topological polar surface area (TPSA) is 89.9 Å². The lowest BCUT2D eigenvalue weighted by atomic mass is 10.2. The maximum Gasteiger partial charge on any atom is 0.317 e. The molecule has 100 valence electrons. The van der Waals surface area contributed by atoms with Gasteiger partial charge in [-0.15, -0.1) is 0 Å². The molecule has 7 nitrogen and oxygen atoms in total. The van der Waals surface area contributed by atoms with Gasteiger partial charge in [0.1, 0.15) is 0 Å². The first kappa shape index (κ1) is 12.7. The van der Waals surface area contributed by atoms with Crippen LogP contribution in [0.1, 0.15) is 19.3 Å². The second-order valence-corrected chi connectivity index (χ2v) is 4.60. The molecule has 2 saturated heterocycles. The van der Waals surface area contributed by atoms with Gasteiger partial charge in [-0.2, -0.15) is 0 Å². The van der Waals surface area contributed by atoms with E-state index in [0.29, 0.717) is 26.1 Å². The Kier molecular flexibility index (Phi) is 3.69. The van der Waals surface area contributed by atoms with Gasteiger partial charge in [0.25, 0.3) is 0 Å². The number of amides is 3. The minimum absolute atomic E-state index is 0.0758. The number of fused-ring (bicyclic) bond motifs is 1. The minimum Gasteiger partial charge on any atom is -0.481 e. The van der Waals surface area contributed by atoms with Crippen molar-refractivity contribution in [3.63, 3.8) is 0 Å². The van der Waals surface area contributed by atoms with Crippen LogP contribution in [0.5, 0.6) is 0 Å². The van der Waals surface area contributed by atoms with Crippen LogP contribution in [-0.4, -0.2) is 65.0 Å². The van der Waals surface area contributed by atoms with Gasteiger partial charge in [0, 0.05) is 38.6 Å². The van der Waals surface area contributed by atoms with E-state index < -0.39 is 5.97 Å². The molecule has 0 aliphatic carbocycles. The van der Waals surface area contributed by atoms with Crippen molar-refractivity contribution in [1.29, 1.82) is 0 Å². The summed E-state index contributed by atoms with van der Waals surface area (Å²) in [6, 6.07) is -0.105. The number of carboxylic acid groups (broad SMARTS) is 1. The predicted octanol–water partition coefficient (Wildman–Crippen LogP) is -0.523. The number of piperazine rings is 1. The van der Waals surface area contributed by atoms with Gasteiger partial charge >= 0.3 is 12.0 Å². The van der Waals surface area contributed by atoms with Crippen molar-refractivity contribution in [2.24, 2.45) is 0 Å². The average Bonchev–Trinajstić information content (AvgIpc) is 2.70. The molecule has 2 heterocycles. The fraction of sp³-hybridized carbons (Fsp3) is 0.727. The quantitative estimate of drug-likeness (QED) is 0.710. The fourth-order valence-corrected chi connectivity index (χ4v) is 2.44. The van der Waals surface area contributed by atoms with E-state index in [0.717, 1.165) is 6.42 Å². The lowest BCUT2D eigenvalue weighted by Crippen LogP contribution is -2.55. The Hall–Kier alpha value is -1.79. The van der Waals surface area contributed by atoms with Crippen LogP contribution in [0.25, 0.3) is 0 Å². The van der Waals surface area contributed by atoms with Crippen molar-refractivity contribution in [2.75, 3.05) is 26.2 Å². The van der Waals surface area contributed by atoms with Gasteiger partial charge in [-0.05, 0) is 6.42 Å². The Labute approximate surface area is 105 Å². The normalized spacial score (nSPS) is 22.9. The number of carbonyl (C=O) groups excluding carboxylic acids is 2. The number of nitrogens with one attached hydrogen (secondary N) is 1. The summed E-state index contributed by atoms with van der Waals surface area (Å²) < 4.78 is 0. The average molecular weight is 255 g/mol. The fourth-order valence-electron chi connectivity index (χ4n) is 2.44. The Balaban J connectivity index is 1.79. The number of carbonyl (C=O) groups is 3. The van der Waals surface area contributed by atoms with Crippen molar-refractivity contribution < 1.29 is 19.5 Å². The summed E-state index contributed by atoms with van der Waals surface area (Å²) in [5, 5.41) is 11.1. The zero-order valence-electron chi connectivity index (χ0n) is 10.1. The van der Waals surface area contributed by atoms with Gasteiger partial charge in [-0.3, -0.25) is 9.59 Å². The highest BCUT2D eigenvalue weighted by Gasteiger charge is 2.36. The molecule has 0 aromatic rings. The Morgan fingerprint density at radius 2 is 2.17 bits per heavy atom. The van der Waals surface area contributed by atoms with Crippen LogP contribution in [0.3, 0.4) is 0 Å². The molecular weight excluding hydrogens is 238 g/mol. The molecule has 1 unspecified atom stereocenters. The van der Waals surface area contributed by atoms with Crippen LogP contribution in [0.4, 0.5) is 4.79 Å². The molecular formula is C11H17N3O4. The largest absolute Gasteiger partial charge is 0.481 e. The first-order chi connectivity index (χ1) is 8.58. The zero-order chi connectivity index (χ0) is 13.1. The lowest BCUT2D eigenvalue weighted by molar-refractivity contribution is -0.137. The molecule has 0 bridgehead atoms. The van der Waals surface area contributed by atoms with Gasteiger partial charge < -0.3 is 20.2 Å². The van der Waals surface area contributed by atoms with E-state index in [1.54, 1.807) is 4.90 Å². The molecule has 7 heteroatoms. The van der Waals surface area contributed by atoms with E-state index >= 15 is 0 Å². The standard InChI is InChI=1S/C11H17N3O4/c15-9-2-1-8-7-13(5-6-14(8)9)11(18)12-4-3-10(16)17/h8H,1-7H2,(H,12,18)(H,16,17). The van der Waals surface area contributed by atoms with E-state index in [9.17, 15) is 14.4 Å². The number of rotatable bonds is 3. The van der Waals surface area contributed by atoms with Gasteiger partial charge in [0.2, 0.25) is 5.91 Å². The first-order valence-corrected chi connectivity index (χ1v) is 6.12. The monoisotopic (exact) mass is 255 g/mol. The number of hydrogen-bond acceptors (Lipinski definition) is 3. The Bertz CT molecular complexity index is 371. The third-order valence-corrected chi connectivity index (χ3v) is 3.40. The number of hydrogen-bond donors (Lipinski definition) is 2. The molecule has 18 heavy (non-hydrogen) atoms. The summed E-state index contributed by atoms with van der Waals surface area (Å²) in [4.78, 5) is 37.1. The number of nitrogens with zero attached hydrogens (tertiary/aromatic N) is 2. The van der Waals surface area contributed by atoms with E-state index in [4.69, 9.17) is 5.11 Å². The van der Waals surface area contributed by atoms with Crippen LogP contribution in [0, 0.1) is 0 Å². The Morgan fingerprint density at radius 1 is 1.39 bits per heavy atom. The maximum absolute atomic E-state index is 11.8. The molecule has 2 aliphatic rings.